The minimum atomic E-state index is -0.0430. The van der Waals surface area contributed by atoms with E-state index in [-0.39, 0.29) is 23.9 Å². The highest BCUT2D eigenvalue weighted by Gasteiger charge is 2.24. The quantitative estimate of drug-likeness (QED) is 0.725. The number of nitrogens with zero attached hydrogens (tertiary/aromatic N) is 1. The number of amides is 2. The molecule has 0 fully saturated rings. The lowest BCUT2D eigenvalue weighted by atomic mass is 9.95. The third-order valence-corrected chi connectivity index (χ3v) is 5.57. The van der Waals surface area contributed by atoms with E-state index in [4.69, 9.17) is 0 Å². The molecule has 30 heavy (non-hydrogen) atoms. The van der Waals surface area contributed by atoms with Gasteiger partial charge < -0.3 is 15.5 Å². The third kappa shape index (κ3) is 5.21. The first kappa shape index (κ1) is 21.9. The van der Waals surface area contributed by atoms with Crippen LogP contribution in [0.4, 0.5) is 5.69 Å². The summed E-state index contributed by atoms with van der Waals surface area (Å²) in [5.41, 5.74) is 5.10. The molecule has 2 aromatic carbocycles. The molecule has 2 aromatic rings. The van der Waals surface area contributed by atoms with E-state index in [9.17, 15) is 9.59 Å². The summed E-state index contributed by atoms with van der Waals surface area (Å²) in [6.45, 7) is 9.18. The van der Waals surface area contributed by atoms with E-state index in [2.05, 4.69) is 53.6 Å². The number of carbonyl (C=O) groups excluding carboxylic acids is 2. The number of fused-ring (bicyclic) bond motifs is 1. The molecule has 5 heteroatoms. The topological polar surface area (TPSA) is 61.4 Å². The SMILES string of the molecule is CCC(NC(=O)CN1CCCc2c(C(=O)NC(C)C)cccc21)c1ccc(C)cc1. The van der Waals surface area contributed by atoms with Gasteiger partial charge >= 0.3 is 0 Å². The van der Waals surface area contributed by atoms with E-state index in [0.717, 1.165) is 48.2 Å². The number of anilines is 1. The molecule has 0 bridgehead atoms. The van der Waals surface area contributed by atoms with Crippen LogP contribution in [0.3, 0.4) is 0 Å². The first-order valence-corrected chi connectivity index (χ1v) is 10.9. The Balaban J connectivity index is 1.73. The molecule has 0 saturated carbocycles. The molecular weight excluding hydrogens is 374 g/mol. The summed E-state index contributed by atoms with van der Waals surface area (Å²) in [6.07, 6.45) is 2.63. The number of rotatable bonds is 7. The van der Waals surface area contributed by atoms with Crippen LogP contribution in [0.15, 0.2) is 42.5 Å². The minimum absolute atomic E-state index is 0.00511. The zero-order valence-electron chi connectivity index (χ0n) is 18.5. The van der Waals surface area contributed by atoms with Gasteiger partial charge in [-0.1, -0.05) is 42.8 Å². The summed E-state index contributed by atoms with van der Waals surface area (Å²) < 4.78 is 0. The Morgan fingerprint density at radius 2 is 1.80 bits per heavy atom. The van der Waals surface area contributed by atoms with Gasteiger partial charge in [0.15, 0.2) is 0 Å². The lowest BCUT2D eigenvalue weighted by Crippen LogP contribution is -2.41. The average Bonchev–Trinajstić information content (AvgIpc) is 2.72. The predicted octanol–water partition coefficient (Wildman–Crippen LogP) is 4.15. The molecule has 1 heterocycles. The normalized spacial score (nSPS) is 14.2. The van der Waals surface area contributed by atoms with Gasteiger partial charge in [0.2, 0.25) is 5.91 Å². The fourth-order valence-electron chi connectivity index (χ4n) is 4.05. The standard InChI is InChI=1S/C25H33N3O2/c1-5-22(19-13-11-18(4)12-14-19)27-24(29)16-28-15-7-9-20-21(8-6-10-23(20)28)25(30)26-17(2)3/h6,8,10-14,17,22H,5,7,9,15-16H2,1-4H3,(H,26,30)(H,27,29). The molecule has 2 amide bonds. The maximum absolute atomic E-state index is 12.9. The van der Waals surface area contributed by atoms with Crippen LogP contribution >= 0.6 is 0 Å². The molecule has 0 radical (unpaired) electrons. The summed E-state index contributed by atoms with van der Waals surface area (Å²) in [7, 11) is 0. The van der Waals surface area contributed by atoms with Crippen LogP contribution < -0.4 is 15.5 Å². The summed E-state index contributed by atoms with van der Waals surface area (Å²) >= 11 is 0. The van der Waals surface area contributed by atoms with E-state index in [1.54, 1.807) is 0 Å². The van der Waals surface area contributed by atoms with Crippen LogP contribution in [-0.2, 0) is 11.2 Å². The Morgan fingerprint density at radius 3 is 2.47 bits per heavy atom. The van der Waals surface area contributed by atoms with Crippen molar-refractivity contribution in [1.29, 1.82) is 0 Å². The molecule has 2 N–H and O–H groups in total. The highest BCUT2D eigenvalue weighted by molar-refractivity contribution is 5.97. The summed E-state index contributed by atoms with van der Waals surface area (Å²) in [5, 5.41) is 6.17. The average molecular weight is 408 g/mol. The van der Waals surface area contributed by atoms with Gasteiger partial charge in [-0.05, 0) is 63.3 Å². The molecular formula is C25H33N3O2. The zero-order chi connectivity index (χ0) is 21.7. The van der Waals surface area contributed by atoms with E-state index < -0.39 is 0 Å². The summed E-state index contributed by atoms with van der Waals surface area (Å²) in [6, 6.07) is 14.2. The minimum Gasteiger partial charge on any atom is -0.362 e. The van der Waals surface area contributed by atoms with Gasteiger partial charge in [0.25, 0.3) is 5.91 Å². The molecule has 0 spiro atoms. The van der Waals surface area contributed by atoms with Crippen molar-refractivity contribution in [2.75, 3.05) is 18.0 Å². The number of hydrogen-bond donors (Lipinski definition) is 2. The van der Waals surface area contributed by atoms with Crippen LogP contribution in [0.25, 0.3) is 0 Å². The van der Waals surface area contributed by atoms with Crippen LogP contribution in [0.1, 0.15) is 66.7 Å². The number of aryl methyl sites for hydroxylation is 1. The largest absolute Gasteiger partial charge is 0.362 e. The second-order valence-electron chi connectivity index (χ2n) is 8.40. The van der Waals surface area contributed by atoms with Crippen molar-refractivity contribution in [2.24, 2.45) is 0 Å². The molecule has 1 unspecified atom stereocenters. The number of benzene rings is 2. The van der Waals surface area contributed by atoms with E-state index >= 15 is 0 Å². The van der Waals surface area contributed by atoms with Gasteiger partial charge in [-0.25, -0.2) is 0 Å². The summed E-state index contributed by atoms with van der Waals surface area (Å²) in [5.74, 6) is -0.0362. The van der Waals surface area contributed by atoms with Crippen molar-refractivity contribution in [1.82, 2.24) is 10.6 Å². The smallest absolute Gasteiger partial charge is 0.251 e. The Morgan fingerprint density at radius 1 is 1.07 bits per heavy atom. The Labute approximate surface area is 179 Å². The monoisotopic (exact) mass is 407 g/mol. The van der Waals surface area contributed by atoms with Crippen LogP contribution in [-0.4, -0.2) is 30.9 Å². The van der Waals surface area contributed by atoms with Crippen molar-refractivity contribution in [3.63, 3.8) is 0 Å². The predicted molar refractivity (Wildman–Crippen MR) is 122 cm³/mol. The first-order chi connectivity index (χ1) is 14.4. The van der Waals surface area contributed by atoms with Crippen LogP contribution in [0.2, 0.25) is 0 Å². The molecule has 1 aliphatic rings. The highest BCUT2D eigenvalue weighted by Crippen LogP contribution is 2.30. The number of carbonyl (C=O) groups is 2. The van der Waals surface area contributed by atoms with Crippen LogP contribution in [0, 0.1) is 6.92 Å². The highest BCUT2D eigenvalue weighted by atomic mass is 16.2. The molecule has 0 aromatic heterocycles. The van der Waals surface area contributed by atoms with Gasteiger partial charge in [-0.2, -0.15) is 0 Å². The third-order valence-electron chi connectivity index (χ3n) is 5.57. The Hall–Kier alpha value is -2.82. The Bertz CT molecular complexity index is 890. The van der Waals surface area contributed by atoms with Crippen LogP contribution in [0.5, 0.6) is 0 Å². The van der Waals surface area contributed by atoms with Gasteiger partial charge in [-0.3, -0.25) is 9.59 Å². The second-order valence-corrected chi connectivity index (χ2v) is 8.40. The first-order valence-electron chi connectivity index (χ1n) is 10.9. The maximum atomic E-state index is 12.9. The molecule has 5 nitrogen and oxygen atoms in total. The summed E-state index contributed by atoms with van der Waals surface area (Å²) in [4.78, 5) is 27.6. The lowest BCUT2D eigenvalue weighted by Gasteiger charge is -2.32. The van der Waals surface area contributed by atoms with E-state index in [1.165, 1.54) is 5.56 Å². The van der Waals surface area contributed by atoms with Gasteiger partial charge in [-0.15, -0.1) is 0 Å². The maximum Gasteiger partial charge on any atom is 0.251 e. The van der Waals surface area contributed by atoms with Crippen molar-refractivity contribution in [3.8, 4) is 0 Å². The molecule has 0 aliphatic carbocycles. The van der Waals surface area contributed by atoms with E-state index in [0.29, 0.717) is 6.54 Å². The van der Waals surface area contributed by atoms with Gasteiger partial charge in [0.05, 0.1) is 12.6 Å². The Kier molecular flexibility index (Phi) is 7.14. The van der Waals surface area contributed by atoms with E-state index in [1.807, 2.05) is 32.0 Å². The number of hydrogen-bond acceptors (Lipinski definition) is 3. The van der Waals surface area contributed by atoms with Crippen molar-refractivity contribution in [3.05, 3.63) is 64.7 Å². The molecule has 160 valence electrons. The van der Waals surface area contributed by atoms with Gasteiger partial charge in [0, 0.05) is 23.8 Å². The molecule has 1 aliphatic heterocycles. The second kappa shape index (κ2) is 9.79. The van der Waals surface area contributed by atoms with Crippen molar-refractivity contribution in [2.45, 2.75) is 59.0 Å². The number of nitrogens with one attached hydrogen (secondary N) is 2. The van der Waals surface area contributed by atoms with Gasteiger partial charge in [0.1, 0.15) is 0 Å². The van der Waals surface area contributed by atoms with Crippen molar-refractivity contribution < 1.29 is 9.59 Å². The molecule has 3 rings (SSSR count). The lowest BCUT2D eigenvalue weighted by molar-refractivity contribution is -0.120. The van der Waals surface area contributed by atoms with Crippen molar-refractivity contribution >= 4 is 17.5 Å². The molecule has 0 saturated heterocycles. The molecule has 1 atom stereocenters. The zero-order valence-corrected chi connectivity index (χ0v) is 18.5. The fraction of sp³-hybridized carbons (Fsp3) is 0.440. The fourth-order valence-corrected chi connectivity index (χ4v) is 4.05.